The van der Waals surface area contributed by atoms with Gasteiger partial charge in [-0.15, -0.1) is 0 Å². The number of pyridine rings is 1. The summed E-state index contributed by atoms with van der Waals surface area (Å²) in [4.78, 5) is 24.3. The minimum Gasteiger partial charge on any atom is -0.354 e. The lowest BCUT2D eigenvalue weighted by atomic mass is 9.89. The molecular formula is C26H24F2N6O. The van der Waals surface area contributed by atoms with Crippen molar-refractivity contribution in [2.75, 3.05) is 31.1 Å². The Labute approximate surface area is 201 Å². The Morgan fingerprint density at radius 3 is 2.63 bits per heavy atom. The summed E-state index contributed by atoms with van der Waals surface area (Å²) in [6, 6.07) is 9.40. The lowest BCUT2D eigenvalue weighted by molar-refractivity contribution is 0.345. The molecule has 178 valence electrons. The second-order valence-electron chi connectivity index (χ2n) is 9.65. The fourth-order valence-electron chi connectivity index (χ4n) is 5.25. The van der Waals surface area contributed by atoms with Crippen molar-refractivity contribution in [1.82, 2.24) is 19.9 Å². The van der Waals surface area contributed by atoms with Gasteiger partial charge in [-0.2, -0.15) is 9.65 Å². The molecule has 0 bridgehead atoms. The zero-order valence-electron chi connectivity index (χ0n) is 19.0. The van der Waals surface area contributed by atoms with E-state index in [0.29, 0.717) is 36.5 Å². The molecule has 3 fully saturated rings. The lowest BCUT2D eigenvalue weighted by Crippen LogP contribution is -2.42. The predicted molar refractivity (Wildman–Crippen MR) is 126 cm³/mol. The number of nitriles is 1. The number of fused-ring (bicyclic) bond motifs is 1. The third-order valence-electron chi connectivity index (χ3n) is 7.39. The SMILES string of the molecule is N#Cc1ccc(-c2nc(N3CCC4CNCC4C3)c(F)c(=O)n2-c2ccc(C3CC3)nc2)cc1F. The van der Waals surface area contributed by atoms with Gasteiger partial charge >= 0.3 is 0 Å². The Morgan fingerprint density at radius 2 is 1.91 bits per heavy atom. The first-order valence-electron chi connectivity index (χ1n) is 12.0. The van der Waals surface area contributed by atoms with Crippen molar-refractivity contribution in [3.63, 3.8) is 0 Å². The van der Waals surface area contributed by atoms with E-state index in [9.17, 15) is 9.18 Å². The highest BCUT2D eigenvalue weighted by molar-refractivity contribution is 5.62. The highest BCUT2D eigenvalue weighted by Crippen LogP contribution is 2.39. The van der Waals surface area contributed by atoms with E-state index >= 15 is 4.39 Å². The van der Waals surface area contributed by atoms with E-state index in [1.54, 1.807) is 12.1 Å². The van der Waals surface area contributed by atoms with Gasteiger partial charge in [-0.3, -0.25) is 14.3 Å². The van der Waals surface area contributed by atoms with Crippen LogP contribution in [0.4, 0.5) is 14.6 Å². The van der Waals surface area contributed by atoms with Gasteiger partial charge in [-0.05, 0) is 74.5 Å². The van der Waals surface area contributed by atoms with E-state index in [-0.39, 0.29) is 22.8 Å². The number of hydrogen-bond acceptors (Lipinski definition) is 6. The molecule has 0 radical (unpaired) electrons. The van der Waals surface area contributed by atoms with E-state index in [4.69, 9.17) is 5.26 Å². The maximum absolute atomic E-state index is 15.6. The minimum atomic E-state index is -0.932. The molecule has 35 heavy (non-hydrogen) atoms. The van der Waals surface area contributed by atoms with Crippen LogP contribution < -0.4 is 15.8 Å². The van der Waals surface area contributed by atoms with Crippen LogP contribution in [0.15, 0.2) is 41.3 Å². The molecule has 1 aromatic carbocycles. The monoisotopic (exact) mass is 474 g/mol. The quantitative estimate of drug-likeness (QED) is 0.624. The van der Waals surface area contributed by atoms with Gasteiger partial charge in [0.05, 0.1) is 17.4 Å². The fraction of sp³-hybridized carbons (Fsp3) is 0.385. The minimum absolute atomic E-state index is 0.0149. The summed E-state index contributed by atoms with van der Waals surface area (Å²) >= 11 is 0. The first-order valence-corrected chi connectivity index (χ1v) is 12.0. The van der Waals surface area contributed by atoms with Crippen molar-refractivity contribution in [2.24, 2.45) is 11.8 Å². The van der Waals surface area contributed by atoms with Crippen LogP contribution >= 0.6 is 0 Å². The molecular weight excluding hydrogens is 450 g/mol. The average molecular weight is 475 g/mol. The molecule has 4 heterocycles. The van der Waals surface area contributed by atoms with Gasteiger partial charge in [0.25, 0.3) is 5.56 Å². The molecule has 0 spiro atoms. The number of piperidine rings is 1. The van der Waals surface area contributed by atoms with E-state index in [0.717, 1.165) is 48.7 Å². The number of anilines is 1. The van der Waals surface area contributed by atoms with Crippen LogP contribution in [-0.2, 0) is 0 Å². The molecule has 3 aromatic rings. The van der Waals surface area contributed by atoms with Crippen LogP contribution in [0.1, 0.15) is 36.4 Å². The van der Waals surface area contributed by atoms with Crippen LogP contribution in [-0.4, -0.2) is 40.7 Å². The molecule has 0 amide bonds. The van der Waals surface area contributed by atoms with Crippen LogP contribution in [0.3, 0.4) is 0 Å². The summed E-state index contributed by atoms with van der Waals surface area (Å²) in [5.74, 6) is -0.227. The first kappa shape index (κ1) is 21.9. The molecule has 1 saturated carbocycles. The summed E-state index contributed by atoms with van der Waals surface area (Å²) in [6.45, 7) is 3.00. The van der Waals surface area contributed by atoms with Crippen molar-refractivity contribution >= 4 is 5.82 Å². The van der Waals surface area contributed by atoms with Gasteiger partial charge in [0.1, 0.15) is 17.7 Å². The van der Waals surface area contributed by atoms with Gasteiger partial charge in [-0.25, -0.2) is 9.37 Å². The summed E-state index contributed by atoms with van der Waals surface area (Å²) in [6.07, 6.45) is 4.59. The molecule has 2 aliphatic heterocycles. The van der Waals surface area contributed by atoms with Crippen LogP contribution in [0.25, 0.3) is 17.1 Å². The molecule has 2 aromatic heterocycles. The smallest absolute Gasteiger partial charge is 0.296 e. The van der Waals surface area contributed by atoms with Crippen LogP contribution in [0, 0.1) is 34.8 Å². The number of benzene rings is 1. The third-order valence-corrected chi connectivity index (χ3v) is 7.39. The highest BCUT2D eigenvalue weighted by Gasteiger charge is 2.35. The van der Waals surface area contributed by atoms with Gasteiger partial charge in [0.2, 0.25) is 5.82 Å². The molecule has 7 nitrogen and oxygen atoms in total. The van der Waals surface area contributed by atoms with Gasteiger partial charge in [0, 0.05) is 30.3 Å². The molecule has 2 atom stereocenters. The van der Waals surface area contributed by atoms with E-state index < -0.39 is 17.2 Å². The topological polar surface area (TPSA) is 86.8 Å². The number of aromatic nitrogens is 3. The first-order chi connectivity index (χ1) is 17.0. The van der Waals surface area contributed by atoms with E-state index in [1.165, 1.54) is 18.3 Å². The Morgan fingerprint density at radius 1 is 1.09 bits per heavy atom. The third kappa shape index (κ3) is 3.88. The Bertz CT molecular complexity index is 1390. The number of nitrogens with zero attached hydrogens (tertiary/aromatic N) is 5. The largest absolute Gasteiger partial charge is 0.354 e. The van der Waals surface area contributed by atoms with Crippen molar-refractivity contribution in [1.29, 1.82) is 5.26 Å². The zero-order chi connectivity index (χ0) is 24.1. The number of hydrogen-bond donors (Lipinski definition) is 1. The summed E-state index contributed by atoms with van der Waals surface area (Å²) < 4.78 is 31.3. The second-order valence-corrected chi connectivity index (χ2v) is 9.65. The maximum atomic E-state index is 15.6. The van der Waals surface area contributed by atoms with Gasteiger partial charge < -0.3 is 10.2 Å². The van der Waals surface area contributed by atoms with Crippen LogP contribution in [0.5, 0.6) is 0 Å². The van der Waals surface area contributed by atoms with Gasteiger partial charge in [0.15, 0.2) is 5.82 Å². The molecule has 9 heteroatoms. The Kier molecular flexibility index (Phi) is 5.33. The second kappa shape index (κ2) is 8.54. The standard InChI is InChI=1S/C26H24F2N6O/c27-21-9-16(3-4-17(21)10-29)24-32-25(33-8-7-18-11-30-12-19(18)14-33)23(28)26(35)34(24)20-5-6-22(31-13-20)15-1-2-15/h3-6,9,13,15,18-19,30H,1-2,7-8,11-12,14H2. The number of rotatable bonds is 4. The summed E-state index contributed by atoms with van der Waals surface area (Å²) in [5.41, 5.74) is 0.601. The summed E-state index contributed by atoms with van der Waals surface area (Å²) in [5, 5.41) is 12.5. The molecule has 1 aliphatic carbocycles. The van der Waals surface area contributed by atoms with E-state index in [2.05, 4.69) is 15.3 Å². The summed E-state index contributed by atoms with van der Waals surface area (Å²) in [7, 11) is 0. The van der Waals surface area contributed by atoms with Crippen molar-refractivity contribution in [3.8, 4) is 23.1 Å². The lowest BCUT2D eigenvalue weighted by Gasteiger charge is -2.35. The molecule has 6 rings (SSSR count). The van der Waals surface area contributed by atoms with Crippen LogP contribution in [0.2, 0.25) is 0 Å². The Hall–Kier alpha value is -3.64. The zero-order valence-corrected chi connectivity index (χ0v) is 19.0. The fourth-order valence-corrected chi connectivity index (χ4v) is 5.25. The van der Waals surface area contributed by atoms with Crippen molar-refractivity contribution in [2.45, 2.75) is 25.2 Å². The molecule has 1 N–H and O–H groups in total. The highest BCUT2D eigenvalue weighted by atomic mass is 19.1. The maximum Gasteiger partial charge on any atom is 0.296 e. The molecule has 2 saturated heterocycles. The Balaban J connectivity index is 1.49. The van der Waals surface area contributed by atoms with Crippen molar-refractivity contribution in [3.05, 3.63) is 69.8 Å². The predicted octanol–water partition coefficient (Wildman–Crippen LogP) is 3.37. The number of halogens is 2. The number of nitrogens with one attached hydrogen (secondary N) is 1. The molecule has 2 unspecified atom stereocenters. The normalized spacial score (nSPS) is 21.6. The van der Waals surface area contributed by atoms with E-state index in [1.807, 2.05) is 11.0 Å². The van der Waals surface area contributed by atoms with Crippen molar-refractivity contribution < 1.29 is 8.78 Å². The average Bonchev–Trinajstić information content (AvgIpc) is 3.62. The van der Waals surface area contributed by atoms with Gasteiger partial charge in [-0.1, -0.05) is 0 Å². The molecule has 3 aliphatic rings.